The fourth-order valence-corrected chi connectivity index (χ4v) is 3.46. The molecule has 1 aromatic heterocycles. The van der Waals surface area contributed by atoms with Crippen molar-refractivity contribution in [1.29, 1.82) is 0 Å². The number of carboxylic acids is 1. The molecule has 0 aliphatic rings. The van der Waals surface area contributed by atoms with Crippen molar-refractivity contribution < 1.29 is 28.2 Å². The van der Waals surface area contributed by atoms with E-state index in [9.17, 15) is 18.7 Å². The van der Waals surface area contributed by atoms with Crippen LogP contribution in [0, 0.1) is 11.6 Å². The number of carboxylic acid groups (broad SMARTS) is 1. The first kappa shape index (κ1) is 23.8. The van der Waals surface area contributed by atoms with Gasteiger partial charge in [-0.25, -0.2) is 13.6 Å². The zero-order chi connectivity index (χ0) is 24.8. The summed E-state index contributed by atoms with van der Waals surface area (Å²) >= 11 is 0. The lowest BCUT2D eigenvalue weighted by Gasteiger charge is -2.16. The summed E-state index contributed by atoms with van der Waals surface area (Å²) in [5.41, 5.74) is 9.02. The SMILES string of the molecule is NCc1cccc(-c2cccc(Oc3nc(OC(Cc4ccccc4)C(=O)O)c(F)cc3F)c2)c1. The Bertz CT molecular complexity index is 1330. The molecule has 6 nitrogen and oxygen atoms in total. The molecule has 8 heteroatoms. The molecule has 0 aliphatic carbocycles. The molecule has 0 fully saturated rings. The molecular formula is C27H22F2N2O4. The highest BCUT2D eigenvalue weighted by Crippen LogP contribution is 2.31. The van der Waals surface area contributed by atoms with Crippen LogP contribution >= 0.6 is 0 Å². The number of nitrogens with two attached hydrogens (primary N) is 1. The highest BCUT2D eigenvalue weighted by molar-refractivity contribution is 5.73. The van der Waals surface area contributed by atoms with Gasteiger partial charge in [0, 0.05) is 19.0 Å². The van der Waals surface area contributed by atoms with Crippen molar-refractivity contribution in [1.82, 2.24) is 4.98 Å². The quantitative estimate of drug-likeness (QED) is 0.338. The van der Waals surface area contributed by atoms with Crippen molar-refractivity contribution in [3.63, 3.8) is 0 Å². The number of hydrogen-bond donors (Lipinski definition) is 2. The molecule has 0 saturated carbocycles. The van der Waals surface area contributed by atoms with Gasteiger partial charge in [-0.05, 0) is 40.5 Å². The van der Waals surface area contributed by atoms with E-state index in [0.717, 1.165) is 16.7 Å². The Morgan fingerprint density at radius 2 is 1.51 bits per heavy atom. The molecule has 4 rings (SSSR count). The standard InChI is InChI=1S/C27H22F2N2O4/c28-22-15-23(29)26(35-24(27(32)33)13-17-6-2-1-3-7-17)31-25(22)34-21-11-5-10-20(14-21)19-9-4-8-18(12-19)16-30/h1-12,14-15,24H,13,16,30H2,(H,32,33). The number of aliphatic carboxylic acids is 1. The minimum absolute atomic E-state index is 0.0330. The fraction of sp³-hybridized carbons (Fsp3) is 0.111. The Kier molecular flexibility index (Phi) is 7.32. The summed E-state index contributed by atoms with van der Waals surface area (Å²) in [6, 6.07) is 23.7. The summed E-state index contributed by atoms with van der Waals surface area (Å²) < 4.78 is 39.8. The van der Waals surface area contributed by atoms with Gasteiger partial charge in [0.25, 0.3) is 11.8 Å². The van der Waals surface area contributed by atoms with E-state index in [2.05, 4.69) is 4.98 Å². The molecule has 1 heterocycles. The molecule has 3 aromatic carbocycles. The van der Waals surface area contributed by atoms with Gasteiger partial charge >= 0.3 is 5.97 Å². The van der Waals surface area contributed by atoms with Crippen LogP contribution in [0.3, 0.4) is 0 Å². The number of hydrogen-bond acceptors (Lipinski definition) is 5. The molecule has 0 aliphatic heterocycles. The van der Waals surface area contributed by atoms with Gasteiger partial charge in [-0.2, -0.15) is 4.98 Å². The van der Waals surface area contributed by atoms with Crippen LogP contribution in [0.5, 0.6) is 17.5 Å². The van der Waals surface area contributed by atoms with E-state index in [0.29, 0.717) is 18.2 Å². The molecule has 35 heavy (non-hydrogen) atoms. The second-order valence-corrected chi connectivity index (χ2v) is 7.73. The number of ether oxygens (including phenoxy) is 2. The van der Waals surface area contributed by atoms with Gasteiger partial charge in [0.1, 0.15) is 5.75 Å². The summed E-state index contributed by atoms with van der Waals surface area (Å²) in [5.74, 6) is -4.46. The summed E-state index contributed by atoms with van der Waals surface area (Å²) in [4.78, 5) is 15.5. The third-order valence-electron chi connectivity index (χ3n) is 5.20. The van der Waals surface area contributed by atoms with Gasteiger partial charge in [-0.3, -0.25) is 0 Å². The van der Waals surface area contributed by atoms with E-state index in [1.165, 1.54) is 0 Å². The van der Waals surface area contributed by atoms with Crippen molar-refractivity contribution in [2.75, 3.05) is 0 Å². The lowest BCUT2D eigenvalue weighted by Crippen LogP contribution is -2.30. The number of nitrogens with zero attached hydrogens (tertiary/aromatic N) is 1. The molecule has 1 atom stereocenters. The maximum atomic E-state index is 14.5. The average molecular weight is 476 g/mol. The van der Waals surface area contributed by atoms with Crippen LogP contribution in [0.1, 0.15) is 11.1 Å². The van der Waals surface area contributed by atoms with Crippen LogP contribution in [0.15, 0.2) is 84.9 Å². The Hall–Kier alpha value is -4.30. The van der Waals surface area contributed by atoms with Crippen molar-refractivity contribution in [3.8, 4) is 28.6 Å². The molecule has 0 radical (unpaired) electrons. The smallest absolute Gasteiger partial charge is 0.345 e. The molecule has 1 unspecified atom stereocenters. The summed E-state index contributed by atoms with van der Waals surface area (Å²) in [6.07, 6.45) is -1.47. The second kappa shape index (κ2) is 10.8. The van der Waals surface area contributed by atoms with Crippen molar-refractivity contribution in [3.05, 3.63) is 108 Å². The van der Waals surface area contributed by atoms with Crippen molar-refractivity contribution in [2.24, 2.45) is 5.73 Å². The molecular weight excluding hydrogens is 454 g/mol. The van der Waals surface area contributed by atoms with Crippen LogP contribution in [0.2, 0.25) is 0 Å². The van der Waals surface area contributed by atoms with Gasteiger partial charge in [-0.1, -0.05) is 60.7 Å². The Labute approximate surface area is 200 Å². The van der Waals surface area contributed by atoms with Crippen LogP contribution in [0.4, 0.5) is 8.78 Å². The topological polar surface area (TPSA) is 94.7 Å². The highest BCUT2D eigenvalue weighted by Gasteiger charge is 2.24. The number of rotatable bonds is 9. The highest BCUT2D eigenvalue weighted by atomic mass is 19.1. The zero-order valence-corrected chi connectivity index (χ0v) is 18.5. The molecule has 178 valence electrons. The van der Waals surface area contributed by atoms with Crippen LogP contribution in [0.25, 0.3) is 11.1 Å². The molecule has 0 bridgehead atoms. The first-order chi connectivity index (χ1) is 16.9. The third kappa shape index (κ3) is 5.99. The lowest BCUT2D eigenvalue weighted by molar-refractivity contribution is -0.145. The first-order valence-electron chi connectivity index (χ1n) is 10.8. The number of benzene rings is 3. The summed E-state index contributed by atoms with van der Waals surface area (Å²) in [6.45, 7) is 0.388. The predicted octanol–water partition coefficient (Wildman–Crippen LogP) is 5.35. The minimum atomic E-state index is -1.43. The average Bonchev–Trinajstić information content (AvgIpc) is 2.87. The van der Waals surface area contributed by atoms with Crippen molar-refractivity contribution >= 4 is 5.97 Å². The van der Waals surface area contributed by atoms with Crippen LogP contribution in [-0.4, -0.2) is 22.2 Å². The summed E-state index contributed by atoms with van der Waals surface area (Å²) in [5, 5.41) is 9.53. The predicted molar refractivity (Wildman–Crippen MR) is 126 cm³/mol. The second-order valence-electron chi connectivity index (χ2n) is 7.73. The Morgan fingerprint density at radius 1 is 0.857 bits per heavy atom. The Morgan fingerprint density at radius 3 is 2.23 bits per heavy atom. The normalized spacial score (nSPS) is 11.6. The maximum absolute atomic E-state index is 14.5. The number of halogens is 2. The monoisotopic (exact) mass is 476 g/mol. The van der Waals surface area contributed by atoms with Gasteiger partial charge in [0.2, 0.25) is 6.10 Å². The third-order valence-corrected chi connectivity index (χ3v) is 5.20. The van der Waals surface area contributed by atoms with Crippen LogP contribution < -0.4 is 15.2 Å². The van der Waals surface area contributed by atoms with Gasteiger partial charge in [0.15, 0.2) is 11.6 Å². The van der Waals surface area contributed by atoms with E-state index in [1.54, 1.807) is 48.5 Å². The first-order valence-corrected chi connectivity index (χ1v) is 10.8. The maximum Gasteiger partial charge on any atom is 0.345 e. The molecule has 4 aromatic rings. The van der Waals surface area contributed by atoms with E-state index >= 15 is 0 Å². The lowest BCUT2D eigenvalue weighted by atomic mass is 10.0. The van der Waals surface area contributed by atoms with Crippen LogP contribution in [-0.2, 0) is 17.8 Å². The number of pyridine rings is 1. The minimum Gasteiger partial charge on any atom is -0.478 e. The molecule has 0 spiro atoms. The van der Waals surface area contributed by atoms with E-state index in [-0.39, 0.29) is 12.2 Å². The fourth-order valence-electron chi connectivity index (χ4n) is 3.46. The molecule has 0 amide bonds. The van der Waals surface area contributed by atoms with Gasteiger partial charge < -0.3 is 20.3 Å². The Balaban J connectivity index is 1.58. The number of carbonyl (C=O) groups is 1. The molecule has 3 N–H and O–H groups in total. The number of aromatic nitrogens is 1. The van der Waals surface area contributed by atoms with Gasteiger partial charge in [-0.15, -0.1) is 0 Å². The van der Waals surface area contributed by atoms with Crippen molar-refractivity contribution in [2.45, 2.75) is 19.1 Å². The van der Waals surface area contributed by atoms with E-state index in [1.807, 2.05) is 30.3 Å². The summed E-state index contributed by atoms with van der Waals surface area (Å²) in [7, 11) is 0. The van der Waals surface area contributed by atoms with E-state index in [4.69, 9.17) is 15.2 Å². The largest absolute Gasteiger partial charge is 0.478 e. The van der Waals surface area contributed by atoms with Gasteiger partial charge in [0.05, 0.1) is 0 Å². The molecule has 0 saturated heterocycles. The zero-order valence-electron chi connectivity index (χ0n) is 18.5. The van der Waals surface area contributed by atoms with E-state index < -0.39 is 35.5 Å².